The highest BCUT2D eigenvalue weighted by atomic mass is 16.5. The number of rotatable bonds is 4. The summed E-state index contributed by atoms with van der Waals surface area (Å²) >= 11 is 0. The molecule has 1 aliphatic rings. The number of hydrogen-bond donors (Lipinski definition) is 2. The minimum atomic E-state index is -0.489. The maximum Gasteiger partial charge on any atom is 0.236 e. The lowest BCUT2D eigenvalue weighted by molar-refractivity contribution is -0.122. The Morgan fingerprint density at radius 1 is 1.65 bits per heavy atom. The highest BCUT2D eigenvalue weighted by molar-refractivity contribution is 5.80. The van der Waals surface area contributed by atoms with Gasteiger partial charge >= 0.3 is 0 Å². The minimum Gasteiger partial charge on any atom is -0.375 e. The third kappa shape index (κ3) is 3.91. The Balaban J connectivity index is 1.91. The number of amides is 1. The predicted molar refractivity (Wildman–Crippen MR) is 77.4 cm³/mol. The van der Waals surface area contributed by atoms with E-state index in [0.29, 0.717) is 6.54 Å². The van der Waals surface area contributed by atoms with Gasteiger partial charge in [-0.05, 0) is 25.5 Å². The highest BCUT2D eigenvalue weighted by Crippen LogP contribution is 2.15. The molecule has 6 nitrogen and oxygen atoms in total. The summed E-state index contributed by atoms with van der Waals surface area (Å²) in [5.74, 6) is 0.790. The number of ether oxygens (including phenoxy) is 1. The van der Waals surface area contributed by atoms with Crippen LogP contribution >= 0.6 is 0 Å². The molecule has 1 aromatic heterocycles. The van der Waals surface area contributed by atoms with E-state index >= 15 is 0 Å². The molecule has 6 heteroatoms. The lowest BCUT2D eigenvalue weighted by atomic mass is 10.2. The van der Waals surface area contributed by atoms with Crippen molar-refractivity contribution in [3.05, 3.63) is 23.9 Å². The Hall–Kier alpha value is -1.66. The van der Waals surface area contributed by atoms with E-state index in [1.54, 1.807) is 13.1 Å². The molecule has 1 saturated heterocycles. The summed E-state index contributed by atoms with van der Waals surface area (Å²) in [7, 11) is 0. The van der Waals surface area contributed by atoms with Crippen molar-refractivity contribution in [2.24, 2.45) is 5.73 Å². The van der Waals surface area contributed by atoms with Crippen molar-refractivity contribution in [1.82, 2.24) is 10.3 Å². The number of carbonyl (C=O) groups is 1. The van der Waals surface area contributed by atoms with Crippen LogP contribution in [0.1, 0.15) is 19.4 Å². The summed E-state index contributed by atoms with van der Waals surface area (Å²) in [4.78, 5) is 18.0. The molecule has 2 atom stereocenters. The number of carbonyl (C=O) groups excluding carboxylic acids is 1. The third-order valence-electron chi connectivity index (χ3n) is 3.25. The van der Waals surface area contributed by atoms with E-state index in [0.717, 1.165) is 31.1 Å². The van der Waals surface area contributed by atoms with Crippen LogP contribution in [0, 0.1) is 0 Å². The SMILES string of the molecule is CC1CN(c2ccc(CNC(=O)C(C)N)cn2)CCO1. The largest absolute Gasteiger partial charge is 0.375 e. The van der Waals surface area contributed by atoms with Crippen LogP contribution in [0.2, 0.25) is 0 Å². The Labute approximate surface area is 119 Å². The summed E-state index contributed by atoms with van der Waals surface area (Å²) in [5.41, 5.74) is 6.45. The zero-order valence-corrected chi connectivity index (χ0v) is 12.0. The van der Waals surface area contributed by atoms with Gasteiger partial charge in [0.15, 0.2) is 0 Å². The molecule has 2 heterocycles. The molecule has 20 heavy (non-hydrogen) atoms. The molecule has 0 aliphatic carbocycles. The maximum atomic E-state index is 11.4. The second kappa shape index (κ2) is 6.67. The first-order chi connectivity index (χ1) is 9.56. The maximum absolute atomic E-state index is 11.4. The van der Waals surface area contributed by atoms with E-state index in [4.69, 9.17) is 10.5 Å². The van der Waals surface area contributed by atoms with Gasteiger partial charge in [-0.3, -0.25) is 4.79 Å². The van der Waals surface area contributed by atoms with Gasteiger partial charge in [0.1, 0.15) is 5.82 Å². The van der Waals surface area contributed by atoms with Crippen LogP contribution in [0.5, 0.6) is 0 Å². The average molecular weight is 278 g/mol. The highest BCUT2D eigenvalue weighted by Gasteiger charge is 2.17. The molecule has 110 valence electrons. The minimum absolute atomic E-state index is 0.156. The number of nitrogens with two attached hydrogens (primary N) is 1. The molecule has 2 unspecified atom stereocenters. The number of nitrogens with zero attached hydrogens (tertiary/aromatic N) is 2. The summed E-state index contributed by atoms with van der Waals surface area (Å²) in [6.45, 7) is 6.62. The van der Waals surface area contributed by atoms with E-state index in [1.165, 1.54) is 0 Å². The molecule has 1 aliphatic heterocycles. The quantitative estimate of drug-likeness (QED) is 0.826. The Kier molecular flexibility index (Phi) is 4.92. The second-order valence-electron chi connectivity index (χ2n) is 5.16. The summed E-state index contributed by atoms with van der Waals surface area (Å²) < 4.78 is 5.51. The first-order valence-corrected chi connectivity index (χ1v) is 6.91. The van der Waals surface area contributed by atoms with Crippen molar-refractivity contribution in [1.29, 1.82) is 0 Å². The fraction of sp³-hybridized carbons (Fsp3) is 0.571. The van der Waals surface area contributed by atoms with Gasteiger partial charge in [0.2, 0.25) is 5.91 Å². The summed E-state index contributed by atoms with van der Waals surface area (Å²) in [6, 6.07) is 3.46. The lowest BCUT2D eigenvalue weighted by Gasteiger charge is -2.32. The first-order valence-electron chi connectivity index (χ1n) is 6.91. The molecule has 0 saturated carbocycles. The van der Waals surface area contributed by atoms with Gasteiger partial charge < -0.3 is 20.7 Å². The van der Waals surface area contributed by atoms with E-state index in [1.807, 2.05) is 12.1 Å². The van der Waals surface area contributed by atoms with E-state index in [9.17, 15) is 4.79 Å². The van der Waals surface area contributed by atoms with Crippen LogP contribution in [0.15, 0.2) is 18.3 Å². The Morgan fingerprint density at radius 2 is 2.45 bits per heavy atom. The molecule has 0 spiro atoms. The van der Waals surface area contributed by atoms with Crippen molar-refractivity contribution in [2.45, 2.75) is 32.5 Å². The Bertz CT molecular complexity index is 447. The number of nitrogens with one attached hydrogen (secondary N) is 1. The number of hydrogen-bond acceptors (Lipinski definition) is 5. The number of morpholine rings is 1. The van der Waals surface area contributed by atoms with Crippen LogP contribution in [0.4, 0.5) is 5.82 Å². The van der Waals surface area contributed by atoms with Gasteiger partial charge in [-0.15, -0.1) is 0 Å². The molecule has 3 N–H and O–H groups in total. The van der Waals surface area contributed by atoms with E-state index in [2.05, 4.69) is 22.1 Å². The van der Waals surface area contributed by atoms with Gasteiger partial charge in [-0.25, -0.2) is 4.98 Å². The van der Waals surface area contributed by atoms with Crippen LogP contribution in [-0.4, -0.2) is 42.7 Å². The summed E-state index contributed by atoms with van der Waals surface area (Å²) in [6.07, 6.45) is 2.02. The molecular formula is C14H22N4O2. The molecule has 1 fully saturated rings. The van der Waals surface area contributed by atoms with Crippen LogP contribution in [0.3, 0.4) is 0 Å². The van der Waals surface area contributed by atoms with Gasteiger partial charge in [0.05, 0.1) is 18.8 Å². The van der Waals surface area contributed by atoms with Crippen LogP contribution in [-0.2, 0) is 16.1 Å². The van der Waals surface area contributed by atoms with Gasteiger partial charge in [0, 0.05) is 25.8 Å². The molecule has 1 amide bonds. The second-order valence-corrected chi connectivity index (χ2v) is 5.16. The van der Waals surface area contributed by atoms with Crippen LogP contribution < -0.4 is 16.0 Å². The van der Waals surface area contributed by atoms with Crippen molar-refractivity contribution in [3.63, 3.8) is 0 Å². The average Bonchev–Trinajstić information content (AvgIpc) is 2.45. The molecule has 0 bridgehead atoms. The number of anilines is 1. The van der Waals surface area contributed by atoms with E-state index in [-0.39, 0.29) is 12.0 Å². The van der Waals surface area contributed by atoms with Gasteiger partial charge in [-0.1, -0.05) is 6.07 Å². The monoisotopic (exact) mass is 278 g/mol. The molecule has 0 radical (unpaired) electrons. The fourth-order valence-corrected chi connectivity index (χ4v) is 2.08. The lowest BCUT2D eigenvalue weighted by Crippen LogP contribution is -2.41. The normalized spacial score (nSPS) is 20.6. The topological polar surface area (TPSA) is 80.5 Å². The number of aromatic nitrogens is 1. The molecule has 2 rings (SSSR count). The molecular weight excluding hydrogens is 256 g/mol. The van der Waals surface area contributed by atoms with Crippen LogP contribution in [0.25, 0.3) is 0 Å². The zero-order valence-electron chi connectivity index (χ0n) is 12.0. The fourth-order valence-electron chi connectivity index (χ4n) is 2.08. The molecule has 1 aromatic rings. The smallest absolute Gasteiger partial charge is 0.236 e. The predicted octanol–water partition coefficient (Wildman–Crippen LogP) is 0.270. The van der Waals surface area contributed by atoms with Gasteiger partial charge in [-0.2, -0.15) is 0 Å². The van der Waals surface area contributed by atoms with Crippen molar-refractivity contribution in [2.75, 3.05) is 24.6 Å². The third-order valence-corrected chi connectivity index (χ3v) is 3.25. The Morgan fingerprint density at radius 3 is 3.05 bits per heavy atom. The van der Waals surface area contributed by atoms with E-state index < -0.39 is 6.04 Å². The first kappa shape index (κ1) is 14.7. The molecule has 0 aromatic carbocycles. The van der Waals surface area contributed by atoms with Crippen molar-refractivity contribution in [3.8, 4) is 0 Å². The standard InChI is InChI=1S/C14H22N4O2/c1-10-9-18(5-6-20-10)13-4-3-12(7-16-13)8-17-14(19)11(2)15/h3-4,7,10-11H,5-6,8-9,15H2,1-2H3,(H,17,19). The van der Waals surface area contributed by atoms with Gasteiger partial charge in [0.25, 0.3) is 0 Å². The van der Waals surface area contributed by atoms with Crippen molar-refractivity contribution >= 4 is 11.7 Å². The summed E-state index contributed by atoms with van der Waals surface area (Å²) in [5, 5.41) is 2.77. The number of pyridine rings is 1. The zero-order chi connectivity index (χ0) is 14.5. The van der Waals surface area contributed by atoms with Crippen molar-refractivity contribution < 1.29 is 9.53 Å².